The van der Waals surface area contributed by atoms with Gasteiger partial charge in [0.25, 0.3) is 0 Å². The third-order valence-corrected chi connectivity index (χ3v) is 10.5. The normalized spacial score (nSPS) is 38.9. The summed E-state index contributed by atoms with van der Waals surface area (Å²) in [6.07, 6.45) is -5.90. The van der Waals surface area contributed by atoms with Gasteiger partial charge in [0.1, 0.15) is 12.2 Å². The lowest BCUT2D eigenvalue weighted by Gasteiger charge is -2.67. The van der Waals surface area contributed by atoms with Crippen LogP contribution >= 0.6 is 0 Å². The minimum absolute atomic E-state index is 0.0797. The van der Waals surface area contributed by atoms with Crippen LogP contribution in [0.3, 0.4) is 0 Å². The first-order valence-electron chi connectivity index (χ1n) is 15.3. The molecule has 2 heterocycles. The molecule has 5 aliphatic rings. The van der Waals surface area contributed by atoms with E-state index < -0.39 is 94.2 Å². The third-order valence-electron chi connectivity index (χ3n) is 10.5. The van der Waals surface area contributed by atoms with Gasteiger partial charge in [-0.05, 0) is 51.0 Å². The van der Waals surface area contributed by atoms with E-state index in [1.165, 1.54) is 0 Å². The summed E-state index contributed by atoms with van der Waals surface area (Å²) in [4.78, 5) is 78.0. The average molecular weight is 649 g/mol. The number of allylic oxidation sites excluding steroid dienone is 3. The Labute approximate surface area is 265 Å². The fourth-order valence-electron chi connectivity index (χ4n) is 8.98. The zero-order chi connectivity index (χ0) is 33.9. The molecule has 2 aliphatic heterocycles. The number of hydrogen-bond donors (Lipinski definition) is 2. The molecule has 46 heavy (non-hydrogen) atoms. The average Bonchev–Trinajstić information content (AvgIpc) is 3.28. The van der Waals surface area contributed by atoms with E-state index in [2.05, 4.69) is 0 Å². The van der Waals surface area contributed by atoms with Crippen molar-refractivity contribution in [3.8, 4) is 0 Å². The Hall–Kier alpha value is -3.62. The number of hydrogen-bond acceptors (Lipinski definition) is 14. The number of esters is 5. The van der Waals surface area contributed by atoms with Crippen LogP contribution in [0, 0.1) is 28.6 Å². The standard InChI is InChI=1S/C32H40O14/c1-7-42-19(34)8-9-20(35)45-23-15(4)16-11-18-31-13-43-32(29(40)41-6,27(38)22(37)25(31)30(16,5)12-17(23)33)26(31)24(28(39)44-18)46-21(36)10-14(2)3/h10,16,18,22,24-27,37-38H,7-9,11-13H2,1-6H3/t16-,18+,22+,24+,25+,26+,27-,30-,31+,32+/m0/s1. The van der Waals surface area contributed by atoms with Crippen molar-refractivity contribution in [1.29, 1.82) is 0 Å². The molecule has 4 fully saturated rings. The summed E-state index contributed by atoms with van der Waals surface area (Å²) in [6, 6.07) is 0. The highest BCUT2D eigenvalue weighted by Gasteiger charge is 2.85. The zero-order valence-electron chi connectivity index (χ0n) is 26.7. The van der Waals surface area contributed by atoms with Crippen molar-refractivity contribution >= 4 is 35.6 Å². The van der Waals surface area contributed by atoms with Crippen LogP contribution in [0.25, 0.3) is 0 Å². The first-order valence-corrected chi connectivity index (χ1v) is 15.3. The van der Waals surface area contributed by atoms with Crippen LogP contribution in [-0.2, 0) is 57.2 Å². The van der Waals surface area contributed by atoms with E-state index in [9.17, 15) is 39.0 Å². The van der Waals surface area contributed by atoms with E-state index in [1.807, 2.05) is 0 Å². The lowest BCUT2D eigenvalue weighted by Crippen LogP contribution is -2.79. The minimum atomic E-state index is -2.29. The Balaban J connectivity index is 1.59. The van der Waals surface area contributed by atoms with Crippen LogP contribution in [0.1, 0.15) is 60.3 Å². The van der Waals surface area contributed by atoms with Gasteiger partial charge in [-0.2, -0.15) is 0 Å². The predicted molar refractivity (Wildman–Crippen MR) is 152 cm³/mol. The van der Waals surface area contributed by atoms with Gasteiger partial charge in [0, 0.05) is 23.8 Å². The molecule has 0 amide bonds. The van der Waals surface area contributed by atoms with E-state index in [0.29, 0.717) is 11.1 Å². The Bertz CT molecular complexity index is 1430. The second-order valence-electron chi connectivity index (χ2n) is 13.3. The van der Waals surface area contributed by atoms with E-state index >= 15 is 0 Å². The van der Waals surface area contributed by atoms with E-state index in [0.717, 1.165) is 13.2 Å². The first-order chi connectivity index (χ1) is 21.6. The number of aliphatic hydroxyl groups is 2. The van der Waals surface area contributed by atoms with Crippen molar-refractivity contribution in [3.63, 3.8) is 0 Å². The fraction of sp³-hybridized carbons (Fsp3) is 0.688. The summed E-state index contributed by atoms with van der Waals surface area (Å²) in [5.41, 5.74) is -3.86. The van der Waals surface area contributed by atoms with E-state index in [1.54, 1.807) is 34.6 Å². The molecule has 1 spiro atoms. The number of methoxy groups -OCH3 is 1. The summed E-state index contributed by atoms with van der Waals surface area (Å²) < 4.78 is 33.0. The van der Waals surface area contributed by atoms with Crippen molar-refractivity contribution in [2.45, 2.75) is 90.3 Å². The van der Waals surface area contributed by atoms with Gasteiger partial charge >= 0.3 is 29.8 Å². The maximum atomic E-state index is 13.7. The molecule has 2 saturated heterocycles. The number of carbonyl (C=O) groups is 6. The predicted octanol–water partition coefficient (Wildman–Crippen LogP) is 0.846. The van der Waals surface area contributed by atoms with Crippen LogP contribution in [0.5, 0.6) is 0 Å². The molecule has 14 heteroatoms. The quantitative estimate of drug-likeness (QED) is 0.213. The molecule has 0 aromatic heterocycles. The summed E-state index contributed by atoms with van der Waals surface area (Å²) in [5.74, 6) is -8.01. The molecule has 2 saturated carbocycles. The largest absolute Gasteiger partial charge is 0.467 e. The van der Waals surface area contributed by atoms with Crippen molar-refractivity contribution in [3.05, 3.63) is 23.0 Å². The van der Waals surface area contributed by atoms with Crippen LogP contribution < -0.4 is 0 Å². The summed E-state index contributed by atoms with van der Waals surface area (Å²) in [5, 5.41) is 23.6. The van der Waals surface area contributed by atoms with Gasteiger partial charge in [0.05, 0.1) is 45.2 Å². The van der Waals surface area contributed by atoms with Gasteiger partial charge in [0.15, 0.2) is 11.5 Å². The van der Waals surface area contributed by atoms with Gasteiger partial charge in [-0.1, -0.05) is 12.5 Å². The molecule has 3 aliphatic carbocycles. The number of ether oxygens (including phenoxy) is 6. The molecule has 252 valence electrons. The number of fused-ring (bicyclic) bond motifs is 2. The van der Waals surface area contributed by atoms with Crippen molar-refractivity contribution in [2.75, 3.05) is 20.3 Å². The van der Waals surface area contributed by atoms with Crippen LogP contribution in [-0.4, -0.2) is 96.2 Å². The first kappa shape index (κ1) is 33.7. The van der Waals surface area contributed by atoms with Crippen molar-refractivity contribution in [2.24, 2.45) is 28.6 Å². The monoisotopic (exact) mass is 648 g/mol. The SMILES string of the molecule is CCOC(=O)CCC(=O)OC1=C(C)[C@@H]2C[C@H]3OC(=O)[C@H](OC(=O)C=C(C)C)[C@H]4[C@@]5(C(=O)OC)OC[C@]34[C@H]([C@@H](O)[C@@H]5O)[C@@]2(C)CC1=O. The van der Waals surface area contributed by atoms with Gasteiger partial charge < -0.3 is 38.6 Å². The molecular formula is C32H40O14. The van der Waals surface area contributed by atoms with Crippen LogP contribution in [0.15, 0.2) is 23.0 Å². The highest BCUT2D eigenvalue weighted by molar-refractivity contribution is 5.98. The topological polar surface area (TPSA) is 198 Å². The number of ketones is 1. The van der Waals surface area contributed by atoms with Gasteiger partial charge in [0.2, 0.25) is 11.7 Å². The lowest BCUT2D eigenvalue weighted by atomic mass is 9.38. The van der Waals surface area contributed by atoms with Crippen LogP contribution in [0.2, 0.25) is 0 Å². The minimum Gasteiger partial charge on any atom is -0.467 e. The van der Waals surface area contributed by atoms with E-state index in [-0.39, 0.29) is 44.7 Å². The number of aliphatic hydroxyl groups excluding tert-OH is 2. The molecule has 0 unspecified atom stereocenters. The highest BCUT2D eigenvalue weighted by atomic mass is 16.6. The Morgan fingerprint density at radius 1 is 1.07 bits per heavy atom. The summed E-state index contributed by atoms with van der Waals surface area (Å²) in [7, 11) is 1.07. The molecule has 0 aromatic rings. The van der Waals surface area contributed by atoms with Gasteiger partial charge in [-0.25, -0.2) is 14.4 Å². The number of Topliss-reactive ketones (excluding diaryl/α,β-unsaturated/α-hetero) is 1. The molecule has 0 aromatic carbocycles. The number of carbonyl (C=O) groups excluding carboxylic acids is 6. The van der Waals surface area contributed by atoms with Gasteiger partial charge in [-0.15, -0.1) is 0 Å². The zero-order valence-corrected chi connectivity index (χ0v) is 26.7. The number of rotatable bonds is 8. The second kappa shape index (κ2) is 11.9. The molecular weight excluding hydrogens is 608 g/mol. The van der Waals surface area contributed by atoms with Gasteiger partial charge in [-0.3, -0.25) is 14.4 Å². The maximum Gasteiger partial charge on any atom is 0.348 e. The lowest BCUT2D eigenvalue weighted by molar-refractivity contribution is -0.290. The Morgan fingerprint density at radius 2 is 1.74 bits per heavy atom. The second-order valence-corrected chi connectivity index (χ2v) is 13.3. The summed E-state index contributed by atoms with van der Waals surface area (Å²) in [6.45, 7) is 8.16. The molecule has 2 bridgehead atoms. The van der Waals surface area contributed by atoms with Crippen molar-refractivity contribution in [1.82, 2.24) is 0 Å². The smallest absolute Gasteiger partial charge is 0.348 e. The molecule has 10 atom stereocenters. The maximum absolute atomic E-state index is 13.7. The molecule has 0 radical (unpaired) electrons. The molecule has 14 nitrogen and oxygen atoms in total. The molecule has 5 rings (SSSR count). The molecule has 2 N–H and O–H groups in total. The van der Waals surface area contributed by atoms with Crippen molar-refractivity contribution < 1.29 is 67.4 Å². The van der Waals surface area contributed by atoms with E-state index in [4.69, 9.17) is 28.4 Å². The highest BCUT2D eigenvalue weighted by Crippen LogP contribution is 2.72. The fourth-order valence-corrected chi connectivity index (χ4v) is 8.98. The summed E-state index contributed by atoms with van der Waals surface area (Å²) >= 11 is 0. The van der Waals surface area contributed by atoms with Crippen LogP contribution in [0.4, 0.5) is 0 Å². The third kappa shape index (κ3) is 4.79. The Morgan fingerprint density at radius 3 is 2.37 bits per heavy atom. The Kier molecular flexibility index (Phi) is 8.71.